The first-order valence-corrected chi connectivity index (χ1v) is 6.84. The molecule has 0 rings (SSSR count). The van der Waals surface area contributed by atoms with E-state index in [1.54, 1.807) is 7.11 Å². The van der Waals surface area contributed by atoms with E-state index in [2.05, 4.69) is 0 Å². The number of methoxy groups -OCH3 is 1. The number of sulfone groups is 1. The van der Waals surface area contributed by atoms with E-state index >= 15 is 0 Å². The smallest absolute Gasteiger partial charge is 0.150 e. The van der Waals surface area contributed by atoms with E-state index in [0.717, 1.165) is 19.3 Å². The molecule has 2 N–H and O–H groups in total. The van der Waals surface area contributed by atoms with Crippen molar-refractivity contribution in [2.75, 3.05) is 31.8 Å². The summed E-state index contributed by atoms with van der Waals surface area (Å²) in [4.78, 5) is 0. The van der Waals surface area contributed by atoms with Crippen LogP contribution in [0.25, 0.3) is 0 Å². The fourth-order valence-corrected chi connectivity index (χ4v) is 2.57. The summed E-state index contributed by atoms with van der Waals surface area (Å²) in [5.74, 6) is 0.528. The highest BCUT2D eigenvalue weighted by Crippen LogP contribution is 2.01. The van der Waals surface area contributed by atoms with Gasteiger partial charge >= 0.3 is 0 Å². The lowest BCUT2D eigenvalue weighted by atomic mass is 10.2. The van der Waals surface area contributed by atoms with Crippen molar-refractivity contribution in [3.05, 3.63) is 0 Å². The topological polar surface area (TPSA) is 69.4 Å². The van der Waals surface area contributed by atoms with Crippen LogP contribution in [0.15, 0.2) is 0 Å². The average Bonchev–Trinajstić information content (AvgIpc) is 2.13. The molecule has 0 aliphatic heterocycles. The highest BCUT2D eigenvalue weighted by atomic mass is 32.2. The highest BCUT2D eigenvalue weighted by Gasteiger charge is 2.09. The monoisotopic (exact) mass is 223 g/mol. The number of hydrogen-bond donors (Lipinski definition) is 1. The predicted molar refractivity (Wildman–Crippen MR) is 58.1 cm³/mol. The largest absolute Gasteiger partial charge is 0.385 e. The molecule has 0 saturated heterocycles. The number of nitrogens with two attached hydrogens (primary N) is 1. The summed E-state index contributed by atoms with van der Waals surface area (Å²) in [6, 6.07) is 0. The van der Waals surface area contributed by atoms with Crippen molar-refractivity contribution >= 4 is 9.84 Å². The first-order chi connectivity index (χ1) is 6.62. The minimum atomic E-state index is -2.86. The molecule has 0 fully saturated rings. The van der Waals surface area contributed by atoms with Crippen LogP contribution >= 0.6 is 0 Å². The Morgan fingerprint density at radius 1 is 1.07 bits per heavy atom. The first-order valence-electron chi connectivity index (χ1n) is 5.02. The van der Waals surface area contributed by atoms with Gasteiger partial charge in [-0.05, 0) is 25.8 Å². The SMILES string of the molecule is COCCCS(=O)(=O)CCCCCN. The zero-order chi connectivity index (χ0) is 10.9. The lowest BCUT2D eigenvalue weighted by Gasteiger charge is -2.03. The average molecular weight is 223 g/mol. The number of ether oxygens (including phenoxy) is 1. The summed E-state index contributed by atoms with van der Waals surface area (Å²) in [6.07, 6.45) is 3.13. The van der Waals surface area contributed by atoms with Gasteiger partial charge in [0.25, 0.3) is 0 Å². The van der Waals surface area contributed by atoms with Gasteiger partial charge in [0.2, 0.25) is 0 Å². The quantitative estimate of drug-likeness (QED) is 0.580. The molecule has 0 saturated carbocycles. The second-order valence-electron chi connectivity index (χ2n) is 3.35. The van der Waals surface area contributed by atoms with Gasteiger partial charge in [-0.1, -0.05) is 6.42 Å². The molecular formula is C9H21NO3S. The second kappa shape index (κ2) is 8.20. The van der Waals surface area contributed by atoms with Crippen molar-refractivity contribution in [1.29, 1.82) is 0 Å². The standard InChI is InChI=1S/C9H21NO3S/c1-13-7-5-9-14(11,12)8-4-2-3-6-10/h2-10H2,1H3. The van der Waals surface area contributed by atoms with Gasteiger partial charge in [0.15, 0.2) is 0 Å². The van der Waals surface area contributed by atoms with Crippen molar-refractivity contribution in [1.82, 2.24) is 0 Å². The maximum atomic E-state index is 11.4. The number of unbranched alkanes of at least 4 members (excludes halogenated alkanes) is 2. The van der Waals surface area contributed by atoms with Gasteiger partial charge in [0.1, 0.15) is 9.84 Å². The molecule has 0 aromatic heterocycles. The van der Waals surface area contributed by atoms with E-state index in [1.807, 2.05) is 0 Å². The predicted octanol–water partition coefficient (Wildman–Crippen LogP) is 0.567. The Morgan fingerprint density at radius 2 is 1.71 bits per heavy atom. The van der Waals surface area contributed by atoms with Crippen molar-refractivity contribution in [2.45, 2.75) is 25.7 Å². The summed E-state index contributed by atoms with van der Waals surface area (Å²) in [5, 5.41) is 0. The third-order valence-corrected chi connectivity index (χ3v) is 3.78. The van der Waals surface area contributed by atoms with E-state index < -0.39 is 9.84 Å². The van der Waals surface area contributed by atoms with Crippen LogP contribution in [-0.4, -0.2) is 40.2 Å². The van der Waals surface area contributed by atoms with Crippen LogP contribution in [0.5, 0.6) is 0 Å². The van der Waals surface area contributed by atoms with Gasteiger partial charge in [0.05, 0.1) is 11.5 Å². The molecule has 0 aliphatic carbocycles. The van der Waals surface area contributed by atoms with E-state index in [1.165, 1.54) is 0 Å². The van der Waals surface area contributed by atoms with E-state index in [9.17, 15) is 8.42 Å². The normalized spacial score (nSPS) is 11.9. The van der Waals surface area contributed by atoms with Crippen LogP contribution in [0.2, 0.25) is 0 Å². The Kier molecular flexibility index (Phi) is 8.12. The number of hydrogen-bond acceptors (Lipinski definition) is 4. The summed E-state index contributed by atoms with van der Waals surface area (Å²) >= 11 is 0. The summed E-state index contributed by atoms with van der Waals surface area (Å²) in [5.41, 5.74) is 5.31. The van der Waals surface area contributed by atoms with Gasteiger partial charge in [-0.3, -0.25) is 0 Å². The molecule has 0 aromatic carbocycles. The lowest BCUT2D eigenvalue weighted by Crippen LogP contribution is -2.13. The summed E-state index contributed by atoms with van der Waals surface area (Å²) in [6.45, 7) is 1.16. The van der Waals surface area contributed by atoms with Crippen molar-refractivity contribution in [2.24, 2.45) is 5.73 Å². The molecular weight excluding hydrogens is 202 g/mol. The Bertz CT molecular complexity index is 214. The fraction of sp³-hybridized carbons (Fsp3) is 1.00. The minimum absolute atomic E-state index is 0.240. The van der Waals surface area contributed by atoms with Crippen LogP contribution in [0.4, 0.5) is 0 Å². The van der Waals surface area contributed by atoms with Crippen LogP contribution in [0.1, 0.15) is 25.7 Å². The molecule has 14 heavy (non-hydrogen) atoms. The zero-order valence-electron chi connectivity index (χ0n) is 8.87. The lowest BCUT2D eigenvalue weighted by molar-refractivity contribution is 0.199. The van der Waals surface area contributed by atoms with Crippen LogP contribution in [0.3, 0.4) is 0 Å². The molecule has 0 atom stereocenters. The zero-order valence-corrected chi connectivity index (χ0v) is 9.68. The second-order valence-corrected chi connectivity index (χ2v) is 5.65. The van der Waals surface area contributed by atoms with Crippen LogP contribution in [0, 0.1) is 0 Å². The molecule has 5 heteroatoms. The Morgan fingerprint density at radius 3 is 2.29 bits per heavy atom. The maximum absolute atomic E-state index is 11.4. The maximum Gasteiger partial charge on any atom is 0.150 e. The van der Waals surface area contributed by atoms with E-state index in [0.29, 0.717) is 19.6 Å². The molecule has 0 unspecified atom stereocenters. The first kappa shape index (κ1) is 13.9. The fourth-order valence-electron chi connectivity index (χ4n) is 1.17. The molecule has 0 aliphatic rings. The van der Waals surface area contributed by atoms with Gasteiger partial charge in [-0.25, -0.2) is 8.42 Å². The third-order valence-electron chi connectivity index (χ3n) is 1.96. The highest BCUT2D eigenvalue weighted by molar-refractivity contribution is 7.91. The molecule has 0 amide bonds. The summed E-state index contributed by atoms with van der Waals surface area (Å²) < 4.78 is 27.6. The Hall–Kier alpha value is -0.130. The molecule has 0 spiro atoms. The molecule has 0 radical (unpaired) electrons. The summed E-state index contributed by atoms with van der Waals surface area (Å²) in [7, 11) is -1.28. The molecule has 0 bridgehead atoms. The number of rotatable bonds is 9. The van der Waals surface area contributed by atoms with Crippen molar-refractivity contribution in [3.63, 3.8) is 0 Å². The van der Waals surface area contributed by atoms with E-state index in [4.69, 9.17) is 10.5 Å². The van der Waals surface area contributed by atoms with E-state index in [-0.39, 0.29) is 11.5 Å². The van der Waals surface area contributed by atoms with Gasteiger partial charge < -0.3 is 10.5 Å². The van der Waals surface area contributed by atoms with Gasteiger partial charge in [-0.15, -0.1) is 0 Å². The third kappa shape index (κ3) is 8.47. The Balaban J connectivity index is 3.52. The van der Waals surface area contributed by atoms with Gasteiger partial charge in [0, 0.05) is 13.7 Å². The van der Waals surface area contributed by atoms with Gasteiger partial charge in [-0.2, -0.15) is 0 Å². The van der Waals surface area contributed by atoms with Crippen molar-refractivity contribution < 1.29 is 13.2 Å². The molecule has 4 nitrogen and oxygen atoms in total. The van der Waals surface area contributed by atoms with Crippen molar-refractivity contribution in [3.8, 4) is 0 Å². The molecule has 0 heterocycles. The Labute approximate surface area is 86.7 Å². The molecule has 86 valence electrons. The minimum Gasteiger partial charge on any atom is -0.385 e. The van der Waals surface area contributed by atoms with Crippen LogP contribution < -0.4 is 5.73 Å². The molecule has 0 aromatic rings. The van der Waals surface area contributed by atoms with Crippen LogP contribution in [-0.2, 0) is 14.6 Å².